The second-order valence-electron chi connectivity index (χ2n) is 3.44. The Bertz CT molecular complexity index is 243. The molecule has 2 atom stereocenters. The van der Waals surface area contributed by atoms with Gasteiger partial charge >= 0.3 is 7.67 Å². The molecular formula is C8H17Cl2N2O2P. The quantitative estimate of drug-likeness (QED) is 0.617. The Balaban J connectivity index is 2.68. The molecule has 2 unspecified atom stereocenters. The number of rotatable bonds is 5. The molecule has 1 rings (SSSR count). The van der Waals surface area contributed by atoms with Crippen LogP contribution in [0.3, 0.4) is 0 Å². The number of halogens is 2. The summed E-state index contributed by atoms with van der Waals surface area (Å²) in [6, 6.07) is 0.228. The number of hydrogen-bond acceptors (Lipinski definition) is 2. The third kappa shape index (κ3) is 3.58. The average Bonchev–Trinajstić information content (AvgIpc) is 2.21. The highest BCUT2D eigenvalue weighted by molar-refractivity contribution is 7.54. The Hall–Kier alpha value is 0.690. The van der Waals surface area contributed by atoms with Crippen molar-refractivity contribution in [1.29, 1.82) is 0 Å². The van der Waals surface area contributed by atoms with Crippen molar-refractivity contribution >= 4 is 30.9 Å². The number of hydrogen-bond donors (Lipinski definition) is 1. The molecule has 15 heavy (non-hydrogen) atoms. The molecule has 7 heteroatoms. The van der Waals surface area contributed by atoms with Crippen LogP contribution in [0.15, 0.2) is 0 Å². The van der Waals surface area contributed by atoms with Crippen molar-refractivity contribution in [2.45, 2.75) is 19.4 Å². The Morgan fingerprint density at radius 3 is 2.87 bits per heavy atom. The largest absolute Gasteiger partial charge is 0.343 e. The maximum absolute atomic E-state index is 12.4. The highest BCUT2D eigenvalue weighted by atomic mass is 35.5. The Kier molecular flexibility index (Phi) is 5.90. The van der Waals surface area contributed by atoms with Crippen LogP contribution < -0.4 is 5.09 Å². The molecule has 0 aromatic heterocycles. The first-order valence-corrected chi connectivity index (χ1v) is 7.67. The van der Waals surface area contributed by atoms with Crippen LogP contribution >= 0.6 is 30.9 Å². The van der Waals surface area contributed by atoms with Gasteiger partial charge in [-0.3, -0.25) is 4.57 Å². The minimum absolute atomic E-state index is 0.228. The maximum atomic E-state index is 12.4. The van der Waals surface area contributed by atoms with E-state index in [4.69, 9.17) is 27.7 Å². The van der Waals surface area contributed by atoms with E-state index < -0.39 is 7.67 Å². The second kappa shape index (κ2) is 6.43. The van der Waals surface area contributed by atoms with Crippen LogP contribution in [-0.4, -0.2) is 42.2 Å². The Labute approximate surface area is 101 Å². The second-order valence-corrected chi connectivity index (χ2v) is 6.33. The molecule has 0 radical (unpaired) electrons. The van der Waals surface area contributed by atoms with E-state index in [1.54, 1.807) is 0 Å². The monoisotopic (exact) mass is 274 g/mol. The van der Waals surface area contributed by atoms with Crippen LogP contribution in [0.1, 0.15) is 13.3 Å². The summed E-state index contributed by atoms with van der Waals surface area (Å²) in [6.45, 7) is 3.59. The lowest BCUT2D eigenvalue weighted by Gasteiger charge is -2.39. The molecule has 4 nitrogen and oxygen atoms in total. The molecule has 1 N–H and O–H groups in total. The van der Waals surface area contributed by atoms with E-state index in [9.17, 15) is 4.57 Å². The van der Waals surface area contributed by atoms with Gasteiger partial charge in [-0.2, -0.15) is 0 Å². The number of nitrogens with one attached hydrogen (secondary N) is 1. The molecule has 1 saturated heterocycles. The number of alkyl halides is 2. The van der Waals surface area contributed by atoms with Crippen molar-refractivity contribution in [3.8, 4) is 0 Å². The van der Waals surface area contributed by atoms with Gasteiger partial charge in [0.2, 0.25) is 0 Å². The summed E-state index contributed by atoms with van der Waals surface area (Å²) in [5.74, 6) is 0.858. The van der Waals surface area contributed by atoms with Crippen molar-refractivity contribution in [1.82, 2.24) is 9.76 Å². The van der Waals surface area contributed by atoms with Crippen LogP contribution in [0.5, 0.6) is 0 Å². The lowest BCUT2D eigenvalue weighted by Crippen LogP contribution is -2.41. The molecular weight excluding hydrogens is 258 g/mol. The Morgan fingerprint density at radius 2 is 2.27 bits per heavy atom. The smallest absolute Gasteiger partial charge is 0.306 e. The first-order chi connectivity index (χ1) is 7.14. The molecule has 1 aliphatic rings. The molecule has 0 amide bonds. The van der Waals surface area contributed by atoms with Crippen molar-refractivity contribution < 1.29 is 9.09 Å². The zero-order chi connectivity index (χ0) is 11.3. The van der Waals surface area contributed by atoms with E-state index in [1.807, 2.05) is 11.6 Å². The van der Waals surface area contributed by atoms with E-state index >= 15 is 0 Å². The minimum atomic E-state index is -2.90. The highest BCUT2D eigenvalue weighted by Gasteiger charge is 2.38. The lowest BCUT2D eigenvalue weighted by molar-refractivity contribution is 0.164. The van der Waals surface area contributed by atoms with E-state index in [1.165, 1.54) is 0 Å². The van der Waals surface area contributed by atoms with Crippen LogP contribution in [-0.2, 0) is 9.09 Å². The van der Waals surface area contributed by atoms with Crippen molar-refractivity contribution in [2.24, 2.45) is 0 Å². The molecule has 1 heterocycles. The summed E-state index contributed by atoms with van der Waals surface area (Å²) >= 11 is 11.2. The fourth-order valence-electron chi connectivity index (χ4n) is 1.59. The van der Waals surface area contributed by atoms with E-state index in [0.717, 1.165) is 6.42 Å². The highest BCUT2D eigenvalue weighted by Crippen LogP contribution is 2.51. The summed E-state index contributed by atoms with van der Waals surface area (Å²) in [4.78, 5) is 0. The third-order valence-corrected chi connectivity index (χ3v) is 5.15. The van der Waals surface area contributed by atoms with Gasteiger partial charge in [0.1, 0.15) is 0 Å². The van der Waals surface area contributed by atoms with Gasteiger partial charge in [-0.25, -0.2) is 9.76 Å². The van der Waals surface area contributed by atoms with Crippen molar-refractivity contribution in [2.75, 3.05) is 31.5 Å². The van der Waals surface area contributed by atoms with Gasteiger partial charge in [0, 0.05) is 30.9 Å². The van der Waals surface area contributed by atoms with E-state index in [0.29, 0.717) is 31.5 Å². The molecule has 1 aliphatic heterocycles. The van der Waals surface area contributed by atoms with Gasteiger partial charge < -0.3 is 4.52 Å². The first kappa shape index (κ1) is 13.8. The average molecular weight is 275 g/mol. The van der Waals surface area contributed by atoms with Crippen LogP contribution in [0.25, 0.3) is 0 Å². The Morgan fingerprint density at radius 1 is 1.53 bits per heavy atom. The van der Waals surface area contributed by atoms with Gasteiger partial charge in [-0.15, -0.1) is 23.2 Å². The van der Waals surface area contributed by atoms with Gasteiger partial charge in [0.25, 0.3) is 0 Å². The molecule has 0 spiro atoms. The summed E-state index contributed by atoms with van der Waals surface area (Å²) in [5.41, 5.74) is 0. The predicted octanol–water partition coefficient (Wildman–Crippen LogP) is 2.27. The molecule has 90 valence electrons. The standard InChI is InChI=1S/C8H17Cl2N2O2P/c1-8-2-7-14-15(13,11-5-3-9)12(8)6-4-10/h8H,2-7H2,1H3,(H,11,13). The molecule has 0 bridgehead atoms. The third-order valence-electron chi connectivity index (χ3n) is 2.37. The van der Waals surface area contributed by atoms with Gasteiger partial charge in [0.05, 0.1) is 6.61 Å². The lowest BCUT2D eigenvalue weighted by atomic mass is 10.2. The maximum Gasteiger partial charge on any atom is 0.343 e. The molecule has 0 aromatic carbocycles. The summed E-state index contributed by atoms with van der Waals surface area (Å²) in [5, 5.41) is 2.88. The van der Waals surface area contributed by atoms with Crippen LogP contribution in [0.4, 0.5) is 0 Å². The zero-order valence-corrected chi connectivity index (χ0v) is 11.2. The van der Waals surface area contributed by atoms with Gasteiger partial charge in [-0.1, -0.05) is 0 Å². The minimum Gasteiger partial charge on any atom is -0.306 e. The van der Waals surface area contributed by atoms with Crippen molar-refractivity contribution in [3.63, 3.8) is 0 Å². The van der Waals surface area contributed by atoms with E-state index in [2.05, 4.69) is 5.09 Å². The summed E-state index contributed by atoms with van der Waals surface area (Å²) in [7, 11) is -2.90. The van der Waals surface area contributed by atoms with Crippen LogP contribution in [0, 0.1) is 0 Å². The van der Waals surface area contributed by atoms with Crippen molar-refractivity contribution in [3.05, 3.63) is 0 Å². The summed E-state index contributed by atoms with van der Waals surface area (Å²) in [6.07, 6.45) is 0.878. The first-order valence-electron chi connectivity index (χ1n) is 5.03. The van der Waals surface area contributed by atoms with E-state index in [-0.39, 0.29) is 6.04 Å². The number of nitrogens with zero attached hydrogens (tertiary/aromatic N) is 1. The molecule has 0 aromatic rings. The molecule has 0 saturated carbocycles. The zero-order valence-electron chi connectivity index (χ0n) is 8.79. The fraction of sp³-hybridized carbons (Fsp3) is 1.00. The normalized spacial score (nSPS) is 33.1. The topological polar surface area (TPSA) is 41.6 Å². The van der Waals surface area contributed by atoms with Gasteiger partial charge in [-0.05, 0) is 13.3 Å². The predicted molar refractivity (Wildman–Crippen MR) is 63.8 cm³/mol. The van der Waals surface area contributed by atoms with Gasteiger partial charge in [0.15, 0.2) is 0 Å². The fourth-order valence-corrected chi connectivity index (χ4v) is 4.28. The SMILES string of the molecule is CC1CCOP(=O)(NCCCl)N1CCCl. The van der Waals surface area contributed by atoms with Crippen LogP contribution in [0.2, 0.25) is 0 Å². The summed E-state index contributed by atoms with van der Waals surface area (Å²) < 4.78 is 19.6. The molecule has 0 aliphatic carbocycles. The molecule has 1 fully saturated rings.